The third-order valence-electron chi connectivity index (χ3n) is 1.99. The summed E-state index contributed by atoms with van der Waals surface area (Å²) < 4.78 is 0. The Labute approximate surface area is 81.3 Å². The van der Waals surface area contributed by atoms with Gasteiger partial charge in [-0.05, 0) is 19.8 Å². The Hall–Kier alpha value is -0.230. The van der Waals surface area contributed by atoms with Crippen LogP contribution in [0.1, 0.15) is 46.0 Å². The van der Waals surface area contributed by atoms with Crippen LogP contribution in [0.25, 0.3) is 0 Å². The molecule has 70 valence electrons. The van der Waals surface area contributed by atoms with Gasteiger partial charge in [0.05, 0.1) is 0 Å². The maximum Gasteiger partial charge on any atom is 0.0389 e. The first kappa shape index (κ1) is 11.8. The Bertz CT molecular complexity index is 156. The zero-order valence-corrected chi connectivity index (χ0v) is 8.95. The van der Waals surface area contributed by atoms with E-state index in [2.05, 4.69) is 20.4 Å². The van der Waals surface area contributed by atoms with Crippen molar-refractivity contribution in [2.45, 2.75) is 46.0 Å². The Morgan fingerprint density at radius 3 is 2.50 bits per heavy atom. The highest BCUT2D eigenvalue weighted by molar-refractivity contribution is 6.31. The van der Waals surface area contributed by atoms with Gasteiger partial charge in [0, 0.05) is 5.03 Å². The molecule has 0 aliphatic carbocycles. The van der Waals surface area contributed by atoms with Crippen LogP contribution in [-0.4, -0.2) is 0 Å². The van der Waals surface area contributed by atoms with Gasteiger partial charge in [0.2, 0.25) is 0 Å². The van der Waals surface area contributed by atoms with E-state index in [0.29, 0.717) is 0 Å². The second kappa shape index (κ2) is 7.42. The zero-order chi connectivity index (χ0) is 9.40. The number of unbranched alkanes of at least 4 members (excludes halogenated alkanes) is 3. The Kier molecular flexibility index (Phi) is 7.28. The van der Waals surface area contributed by atoms with Crippen LogP contribution in [-0.2, 0) is 0 Å². The molecule has 0 aliphatic rings. The molecule has 0 radical (unpaired) electrons. The van der Waals surface area contributed by atoms with Gasteiger partial charge in [-0.2, -0.15) is 0 Å². The standard InChI is InChI=1S/C11H19Cl/c1-4-6-7-8-9-10(3)11(12)5-2/h5H,2,4,6-9H2,1,3H3/b11-10+. The molecule has 0 amide bonds. The summed E-state index contributed by atoms with van der Waals surface area (Å²) in [6, 6.07) is 0. The van der Waals surface area contributed by atoms with Gasteiger partial charge in [0.15, 0.2) is 0 Å². The fourth-order valence-corrected chi connectivity index (χ4v) is 1.21. The van der Waals surface area contributed by atoms with Crippen molar-refractivity contribution in [1.29, 1.82) is 0 Å². The van der Waals surface area contributed by atoms with Crippen molar-refractivity contribution < 1.29 is 0 Å². The van der Waals surface area contributed by atoms with Crippen LogP contribution in [0.5, 0.6) is 0 Å². The van der Waals surface area contributed by atoms with Gasteiger partial charge >= 0.3 is 0 Å². The van der Waals surface area contributed by atoms with Crippen molar-refractivity contribution in [1.82, 2.24) is 0 Å². The lowest BCUT2D eigenvalue weighted by atomic mass is 10.1. The Morgan fingerprint density at radius 2 is 2.00 bits per heavy atom. The molecule has 0 saturated carbocycles. The molecular weight excluding hydrogens is 168 g/mol. The highest BCUT2D eigenvalue weighted by Crippen LogP contribution is 2.16. The summed E-state index contributed by atoms with van der Waals surface area (Å²) in [6.45, 7) is 7.94. The fraction of sp³-hybridized carbons (Fsp3) is 0.636. The molecule has 0 fully saturated rings. The maximum absolute atomic E-state index is 5.89. The molecule has 1 heteroatoms. The first-order valence-electron chi connectivity index (χ1n) is 4.70. The molecular formula is C11H19Cl. The first-order valence-corrected chi connectivity index (χ1v) is 5.07. The van der Waals surface area contributed by atoms with Gasteiger partial charge in [-0.25, -0.2) is 0 Å². The number of hydrogen-bond donors (Lipinski definition) is 0. The molecule has 0 nitrogen and oxygen atoms in total. The van der Waals surface area contributed by atoms with Crippen LogP contribution >= 0.6 is 11.6 Å². The van der Waals surface area contributed by atoms with Gasteiger partial charge in [0.25, 0.3) is 0 Å². The average molecular weight is 187 g/mol. The summed E-state index contributed by atoms with van der Waals surface area (Å²) in [6.07, 6.45) is 8.03. The van der Waals surface area contributed by atoms with Gasteiger partial charge in [-0.1, -0.05) is 56.0 Å². The van der Waals surface area contributed by atoms with Crippen LogP contribution in [0.3, 0.4) is 0 Å². The summed E-state index contributed by atoms with van der Waals surface area (Å²) in [4.78, 5) is 0. The van der Waals surface area contributed by atoms with Crippen molar-refractivity contribution in [3.8, 4) is 0 Å². The lowest BCUT2D eigenvalue weighted by molar-refractivity contribution is 0.664. The van der Waals surface area contributed by atoms with Gasteiger partial charge in [-0.3, -0.25) is 0 Å². The largest absolute Gasteiger partial charge is 0.0976 e. The number of hydrogen-bond acceptors (Lipinski definition) is 0. The van der Waals surface area contributed by atoms with E-state index in [4.69, 9.17) is 11.6 Å². The van der Waals surface area contributed by atoms with E-state index in [1.807, 2.05) is 0 Å². The molecule has 0 aliphatic heterocycles. The summed E-state index contributed by atoms with van der Waals surface area (Å²) in [7, 11) is 0. The molecule has 0 unspecified atom stereocenters. The second-order valence-electron chi connectivity index (χ2n) is 3.14. The van der Waals surface area contributed by atoms with E-state index in [1.165, 1.54) is 31.3 Å². The van der Waals surface area contributed by atoms with Crippen molar-refractivity contribution >= 4 is 11.6 Å². The molecule has 12 heavy (non-hydrogen) atoms. The zero-order valence-electron chi connectivity index (χ0n) is 8.20. The average Bonchev–Trinajstić information content (AvgIpc) is 2.10. The van der Waals surface area contributed by atoms with E-state index in [0.717, 1.165) is 11.5 Å². The summed E-state index contributed by atoms with van der Waals surface area (Å²) in [5, 5.41) is 0.825. The first-order chi connectivity index (χ1) is 5.72. The molecule has 0 heterocycles. The molecule has 0 atom stereocenters. The molecule has 0 aromatic heterocycles. The predicted molar refractivity (Wildman–Crippen MR) is 57.5 cm³/mol. The lowest BCUT2D eigenvalue weighted by Crippen LogP contribution is -1.81. The van der Waals surface area contributed by atoms with Gasteiger partial charge < -0.3 is 0 Å². The second-order valence-corrected chi connectivity index (χ2v) is 3.55. The van der Waals surface area contributed by atoms with Crippen LogP contribution in [0, 0.1) is 0 Å². The highest BCUT2D eigenvalue weighted by Gasteiger charge is 1.95. The van der Waals surface area contributed by atoms with E-state index in [9.17, 15) is 0 Å². The summed E-state index contributed by atoms with van der Waals surface area (Å²) in [5.74, 6) is 0. The molecule has 0 rings (SSSR count). The number of allylic oxidation sites excluding steroid dienone is 3. The fourth-order valence-electron chi connectivity index (χ4n) is 1.11. The smallest absolute Gasteiger partial charge is 0.0389 e. The topological polar surface area (TPSA) is 0 Å². The quantitative estimate of drug-likeness (QED) is 0.418. The van der Waals surface area contributed by atoms with Crippen molar-refractivity contribution in [3.63, 3.8) is 0 Å². The summed E-state index contributed by atoms with van der Waals surface area (Å²) >= 11 is 5.89. The molecule has 0 N–H and O–H groups in total. The van der Waals surface area contributed by atoms with Crippen LogP contribution in [0.4, 0.5) is 0 Å². The summed E-state index contributed by atoms with van der Waals surface area (Å²) in [5.41, 5.74) is 1.27. The normalized spacial score (nSPS) is 12.6. The highest BCUT2D eigenvalue weighted by atomic mass is 35.5. The predicted octanol–water partition coefficient (Wildman–Crippen LogP) is 4.66. The van der Waals surface area contributed by atoms with Gasteiger partial charge in [-0.15, -0.1) is 0 Å². The van der Waals surface area contributed by atoms with Gasteiger partial charge in [0.1, 0.15) is 0 Å². The van der Waals surface area contributed by atoms with E-state index in [-0.39, 0.29) is 0 Å². The van der Waals surface area contributed by atoms with E-state index >= 15 is 0 Å². The van der Waals surface area contributed by atoms with Crippen molar-refractivity contribution in [3.05, 3.63) is 23.3 Å². The van der Waals surface area contributed by atoms with E-state index < -0.39 is 0 Å². The molecule has 0 bridgehead atoms. The molecule has 0 saturated heterocycles. The molecule has 0 spiro atoms. The number of halogens is 1. The molecule has 0 aromatic rings. The van der Waals surface area contributed by atoms with Crippen molar-refractivity contribution in [2.24, 2.45) is 0 Å². The minimum Gasteiger partial charge on any atom is -0.0976 e. The minimum absolute atomic E-state index is 0.825. The lowest BCUT2D eigenvalue weighted by Gasteiger charge is -2.01. The van der Waals surface area contributed by atoms with Crippen molar-refractivity contribution in [2.75, 3.05) is 0 Å². The SMILES string of the molecule is C=C/C(Cl)=C(/C)CCCCCC. The number of rotatable bonds is 6. The molecule has 0 aromatic carbocycles. The monoisotopic (exact) mass is 186 g/mol. The Balaban J connectivity index is 3.56. The third kappa shape index (κ3) is 5.42. The Morgan fingerprint density at radius 1 is 1.33 bits per heavy atom. The van der Waals surface area contributed by atoms with Crippen LogP contribution in [0.15, 0.2) is 23.3 Å². The minimum atomic E-state index is 0.825. The van der Waals surface area contributed by atoms with Crippen LogP contribution in [0.2, 0.25) is 0 Å². The third-order valence-corrected chi connectivity index (χ3v) is 2.47. The van der Waals surface area contributed by atoms with Crippen LogP contribution < -0.4 is 0 Å². The maximum atomic E-state index is 5.89. The van der Waals surface area contributed by atoms with E-state index in [1.54, 1.807) is 6.08 Å².